The maximum absolute atomic E-state index is 13.3. The zero-order valence-corrected chi connectivity index (χ0v) is 17.6. The van der Waals surface area contributed by atoms with Gasteiger partial charge in [0.1, 0.15) is 28.5 Å². The van der Waals surface area contributed by atoms with Crippen molar-refractivity contribution in [3.05, 3.63) is 95.3 Å². The normalized spacial score (nSPS) is 11.0. The quantitative estimate of drug-likeness (QED) is 0.289. The highest BCUT2D eigenvalue weighted by Crippen LogP contribution is 2.28. The summed E-state index contributed by atoms with van der Waals surface area (Å²) in [5.74, 6) is -0.654. The second kappa shape index (κ2) is 9.43. The lowest BCUT2D eigenvalue weighted by Gasteiger charge is -2.20. The van der Waals surface area contributed by atoms with Gasteiger partial charge in [-0.1, -0.05) is 42.5 Å². The summed E-state index contributed by atoms with van der Waals surface area (Å²) in [6.45, 7) is 5.14. The third-order valence-electron chi connectivity index (χ3n) is 4.16. The zero-order chi connectivity index (χ0) is 22.4. The number of para-hydroxylation sites is 1. The predicted octanol–water partition coefficient (Wildman–Crippen LogP) is 5.95. The second-order valence-electron chi connectivity index (χ2n) is 7.86. The Bertz CT molecular complexity index is 1050. The van der Waals surface area contributed by atoms with E-state index in [1.807, 2.05) is 0 Å². The van der Waals surface area contributed by atoms with E-state index >= 15 is 0 Å². The Morgan fingerprint density at radius 3 is 2.16 bits per heavy atom. The van der Waals surface area contributed by atoms with Crippen molar-refractivity contribution in [2.24, 2.45) is 0 Å². The number of hydrogen-bond donors (Lipinski definition) is 0. The molecule has 0 heterocycles. The first-order valence-electron chi connectivity index (χ1n) is 9.76. The van der Waals surface area contributed by atoms with Crippen LogP contribution in [0.3, 0.4) is 0 Å². The van der Waals surface area contributed by atoms with Crippen LogP contribution in [0.4, 0.5) is 9.18 Å². The molecule has 3 aromatic rings. The van der Waals surface area contributed by atoms with Crippen LogP contribution in [0.15, 0.2) is 72.8 Å². The summed E-state index contributed by atoms with van der Waals surface area (Å²) in [5.41, 5.74) is 0.688. The number of ether oxygens (including phenoxy) is 3. The molecule has 0 amide bonds. The molecule has 0 bridgehead atoms. The fourth-order valence-electron chi connectivity index (χ4n) is 2.87. The van der Waals surface area contributed by atoms with Gasteiger partial charge in [-0.15, -0.1) is 0 Å². The Hall–Kier alpha value is -3.67. The Kier molecular flexibility index (Phi) is 6.70. The van der Waals surface area contributed by atoms with E-state index in [4.69, 9.17) is 14.2 Å². The van der Waals surface area contributed by atoms with E-state index in [1.54, 1.807) is 75.4 Å². The van der Waals surface area contributed by atoms with E-state index in [0.717, 1.165) is 5.56 Å². The summed E-state index contributed by atoms with van der Waals surface area (Å²) < 4.78 is 29.3. The van der Waals surface area contributed by atoms with Crippen molar-refractivity contribution in [3.63, 3.8) is 0 Å². The van der Waals surface area contributed by atoms with E-state index in [0.29, 0.717) is 17.7 Å². The summed E-state index contributed by atoms with van der Waals surface area (Å²) in [5, 5.41) is 0. The summed E-state index contributed by atoms with van der Waals surface area (Å²) in [6.07, 6.45) is -0.620. The molecule has 3 aromatic carbocycles. The number of esters is 1. The van der Waals surface area contributed by atoms with E-state index in [2.05, 4.69) is 0 Å². The van der Waals surface area contributed by atoms with Crippen molar-refractivity contribution < 1.29 is 28.2 Å². The molecule has 0 saturated carbocycles. The first-order chi connectivity index (χ1) is 14.7. The Morgan fingerprint density at radius 1 is 0.839 bits per heavy atom. The number of carbonyl (C=O) groups is 2. The van der Waals surface area contributed by atoms with Crippen molar-refractivity contribution in [1.29, 1.82) is 0 Å². The minimum atomic E-state index is -0.930. The third kappa shape index (κ3) is 6.40. The van der Waals surface area contributed by atoms with Gasteiger partial charge in [0, 0.05) is 0 Å². The average Bonchev–Trinajstić information content (AvgIpc) is 2.69. The molecule has 0 unspecified atom stereocenters. The Morgan fingerprint density at radius 2 is 1.52 bits per heavy atom. The van der Waals surface area contributed by atoms with Crippen molar-refractivity contribution in [3.8, 4) is 11.5 Å². The minimum Gasteiger partial charge on any atom is -0.428 e. The number of rotatable bonds is 5. The largest absolute Gasteiger partial charge is 0.514 e. The molecule has 31 heavy (non-hydrogen) atoms. The molecule has 0 aromatic heterocycles. The lowest BCUT2D eigenvalue weighted by molar-refractivity contribution is 0.0204. The fraction of sp³-hybridized carbons (Fsp3) is 0.200. The van der Waals surface area contributed by atoms with E-state index in [1.165, 1.54) is 18.2 Å². The lowest BCUT2D eigenvalue weighted by atomic mass is 9.99. The number of carbonyl (C=O) groups excluding carboxylic acids is 2. The van der Waals surface area contributed by atoms with Gasteiger partial charge >= 0.3 is 12.1 Å². The summed E-state index contributed by atoms with van der Waals surface area (Å²) >= 11 is 0. The van der Waals surface area contributed by atoms with Crippen LogP contribution in [0.25, 0.3) is 0 Å². The molecule has 6 heteroatoms. The minimum absolute atomic E-state index is 0.0230. The molecule has 5 nitrogen and oxygen atoms in total. The van der Waals surface area contributed by atoms with Crippen LogP contribution >= 0.6 is 0 Å². The molecule has 3 rings (SSSR count). The number of hydrogen-bond acceptors (Lipinski definition) is 5. The van der Waals surface area contributed by atoms with Crippen LogP contribution in [0.1, 0.15) is 42.3 Å². The summed E-state index contributed by atoms with van der Waals surface area (Å²) in [4.78, 5) is 25.3. The summed E-state index contributed by atoms with van der Waals surface area (Å²) in [6, 6.07) is 19.4. The van der Waals surface area contributed by atoms with Gasteiger partial charge in [0.25, 0.3) is 0 Å². The van der Waals surface area contributed by atoms with E-state index < -0.39 is 17.7 Å². The predicted molar refractivity (Wildman–Crippen MR) is 114 cm³/mol. The molecule has 160 valence electrons. The molecule has 0 spiro atoms. The van der Waals surface area contributed by atoms with Gasteiger partial charge in [0.2, 0.25) is 0 Å². The zero-order valence-electron chi connectivity index (χ0n) is 17.6. The lowest BCUT2D eigenvalue weighted by Crippen LogP contribution is -2.26. The fourth-order valence-corrected chi connectivity index (χ4v) is 2.87. The number of benzene rings is 3. The molecule has 0 saturated heterocycles. The molecule has 0 radical (unpaired) electrons. The third-order valence-corrected chi connectivity index (χ3v) is 4.16. The van der Waals surface area contributed by atoms with Crippen LogP contribution < -0.4 is 9.47 Å². The molecule has 0 aliphatic heterocycles. The molecule has 0 fully saturated rings. The number of halogens is 1. The average molecular weight is 422 g/mol. The van der Waals surface area contributed by atoms with Crippen LogP contribution in [0.5, 0.6) is 11.5 Å². The van der Waals surface area contributed by atoms with Gasteiger partial charge in [-0.05, 0) is 68.7 Å². The highest BCUT2D eigenvalue weighted by atomic mass is 19.1. The maximum Gasteiger partial charge on any atom is 0.514 e. The van der Waals surface area contributed by atoms with Gasteiger partial charge < -0.3 is 14.2 Å². The monoisotopic (exact) mass is 422 g/mol. The van der Waals surface area contributed by atoms with Gasteiger partial charge in [-0.3, -0.25) is 0 Å². The van der Waals surface area contributed by atoms with Crippen LogP contribution in [0, 0.1) is 5.82 Å². The Balaban J connectivity index is 1.96. The van der Waals surface area contributed by atoms with Gasteiger partial charge in [0.05, 0.1) is 0 Å². The van der Waals surface area contributed by atoms with Crippen molar-refractivity contribution in [2.45, 2.75) is 32.8 Å². The first-order valence-corrected chi connectivity index (χ1v) is 9.76. The second-order valence-corrected chi connectivity index (χ2v) is 7.86. The first kappa shape index (κ1) is 22.0. The van der Waals surface area contributed by atoms with Gasteiger partial charge in [-0.2, -0.15) is 0 Å². The highest BCUT2D eigenvalue weighted by Gasteiger charge is 2.24. The van der Waals surface area contributed by atoms with Crippen molar-refractivity contribution in [1.82, 2.24) is 0 Å². The highest BCUT2D eigenvalue weighted by molar-refractivity contribution is 5.96. The summed E-state index contributed by atoms with van der Waals surface area (Å²) in [7, 11) is 0. The SMILES string of the molecule is CC(C)(C)OC(=O)Oc1cccc(Cc2ccc(F)cc2)c1C(=O)Oc1ccccc1. The van der Waals surface area contributed by atoms with Gasteiger partial charge in [0.15, 0.2) is 0 Å². The molecular formula is C25H23FO5. The molecule has 0 aliphatic rings. The molecule has 0 atom stereocenters. The standard InChI is InChI=1S/C25H23FO5/c1-25(2,3)31-24(28)30-21-11-7-8-18(16-17-12-14-19(26)15-13-17)22(21)23(27)29-20-9-5-4-6-10-20/h4-15H,16H2,1-3H3. The molecule has 0 aliphatic carbocycles. The van der Waals surface area contributed by atoms with Crippen molar-refractivity contribution >= 4 is 12.1 Å². The van der Waals surface area contributed by atoms with Crippen LogP contribution in [-0.2, 0) is 11.2 Å². The van der Waals surface area contributed by atoms with Crippen LogP contribution in [-0.4, -0.2) is 17.7 Å². The Labute approximate surface area is 180 Å². The van der Waals surface area contributed by atoms with Crippen molar-refractivity contribution in [2.75, 3.05) is 0 Å². The smallest absolute Gasteiger partial charge is 0.428 e. The van der Waals surface area contributed by atoms with E-state index in [9.17, 15) is 14.0 Å². The maximum atomic E-state index is 13.3. The topological polar surface area (TPSA) is 61.8 Å². The molecular weight excluding hydrogens is 399 g/mol. The van der Waals surface area contributed by atoms with E-state index in [-0.39, 0.29) is 17.1 Å². The van der Waals surface area contributed by atoms with Gasteiger partial charge in [-0.25, -0.2) is 14.0 Å². The van der Waals surface area contributed by atoms with Crippen LogP contribution in [0.2, 0.25) is 0 Å². The molecule has 0 N–H and O–H groups in total.